The van der Waals surface area contributed by atoms with Gasteiger partial charge in [0.2, 0.25) is 0 Å². The Kier molecular flexibility index (Phi) is 5.39. The first-order valence-corrected chi connectivity index (χ1v) is 8.08. The molecule has 24 heavy (non-hydrogen) atoms. The molecule has 0 aliphatic heterocycles. The number of nitrogens with zero attached hydrogens (tertiary/aromatic N) is 2. The van der Waals surface area contributed by atoms with E-state index in [0.29, 0.717) is 29.7 Å². The monoisotopic (exact) mass is 331 g/mol. The first-order valence-electron chi connectivity index (χ1n) is 8.08. The number of ether oxygens (including phenoxy) is 1. The van der Waals surface area contributed by atoms with Crippen LogP contribution in [0.15, 0.2) is 29.1 Å². The van der Waals surface area contributed by atoms with E-state index in [1.807, 2.05) is 57.8 Å². The van der Waals surface area contributed by atoms with Crippen molar-refractivity contribution >= 4 is 16.9 Å². The number of aromatic nitrogens is 2. The Morgan fingerprint density at radius 3 is 2.67 bits per heavy atom. The van der Waals surface area contributed by atoms with Gasteiger partial charge in [0.25, 0.3) is 5.56 Å². The number of hydrogen-bond acceptors (Lipinski definition) is 5. The number of carbonyl (C=O) groups is 1. The molecule has 0 radical (unpaired) electrons. The van der Waals surface area contributed by atoms with E-state index >= 15 is 0 Å². The van der Waals surface area contributed by atoms with Gasteiger partial charge < -0.3 is 9.72 Å². The summed E-state index contributed by atoms with van der Waals surface area (Å²) in [6.07, 6.45) is 0.545. The highest BCUT2D eigenvalue weighted by Crippen LogP contribution is 2.11. The molecule has 6 heteroatoms. The standard InChI is InChI=1S/C18H25N3O3/c1-12(17(23)24-18(2,3)4)21(5)11-10-15-19-14-9-7-6-8-13(14)16(22)20-15/h6-9,12H,10-11H2,1-5H3,(H,19,20,22)/t12-/m1/s1. The lowest BCUT2D eigenvalue weighted by Crippen LogP contribution is -2.41. The first-order chi connectivity index (χ1) is 11.2. The van der Waals surface area contributed by atoms with Crippen molar-refractivity contribution in [1.29, 1.82) is 0 Å². The molecule has 1 N–H and O–H groups in total. The van der Waals surface area contributed by atoms with Crippen molar-refractivity contribution in [3.05, 3.63) is 40.4 Å². The van der Waals surface area contributed by atoms with Crippen LogP contribution in [0.3, 0.4) is 0 Å². The SMILES string of the molecule is C[C@H](C(=O)OC(C)(C)C)N(C)CCc1nc2ccccc2c(=O)[nH]1. The van der Waals surface area contributed by atoms with Crippen LogP contribution in [0.25, 0.3) is 10.9 Å². The van der Waals surface area contributed by atoms with E-state index in [2.05, 4.69) is 9.97 Å². The van der Waals surface area contributed by atoms with Crippen LogP contribution in [-0.4, -0.2) is 46.1 Å². The van der Waals surface area contributed by atoms with Crippen molar-refractivity contribution in [2.75, 3.05) is 13.6 Å². The zero-order valence-corrected chi connectivity index (χ0v) is 14.9. The van der Waals surface area contributed by atoms with Crippen molar-refractivity contribution in [3.63, 3.8) is 0 Å². The van der Waals surface area contributed by atoms with E-state index in [0.717, 1.165) is 0 Å². The number of fused-ring (bicyclic) bond motifs is 1. The van der Waals surface area contributed by atoms with E-state index in [-0.39, 0.29) is 17.6 Å². The molecule has 1 heterocycles. The highest BCUT2D eigenvalue weighted by Gasteiger charge is 2.24. The third kappa shape index (κ3) is 4.64. The maximum absolute atomic E-state index is 12.1. The predicted octanol–water partition coefficient (Wildman–Crippen LogP) is 2.13. The Balaban J connectivity index is 2.02. The molecule has 0 saturated heterocycles. The van der Waals surface area contributed by atoms with Gasteiger partial charge >= 0.3 is 5.97 Å². The molecule has 0 fully saturated rings. The van der Waals surface area contributed by atoms with Gasteiger partial charge in [0.1, 0.15) is 17.5 Å². The van der Waals surface area contributed by atoms with E-state index in [9.17, 15) is 9.59 Å². The van der Waals surface area contributed by atoms with Crippen LogP contribution in [0.5, 0.6) is 0 Å². The minimum atomic E-state index is -0.503. The minimum Gasteiger partial charge on any atom is -0.459 e. The molecule has 1 atom stereocenters. The van der Waals surface area contributed by atoms with Gasteiger partial charge in [-0.3, -0.25) is 14.5 Å². The number of likely N-dealkylation sites (N-methyl/N-ethyl adjacent to an activating group) is 1. The number of para-hydroxylation sites is 1. The molecule has 1 aromatic carbocycles. The Hall–Kier alpha value is -2.21. The smallest absolute Gasteiger partial charge is 0.323 e. The Morgan fingerprint density at radius 2 is 2.00 bits per heavy atom. The molecule has 0 spiro atoms. The van der Waals surface area contributed by atoms with Crippen LogP contribution >= 0.6 is 0 Å². The van der Waals surface area contributed by atoms with Crippen LogP contribution in [0.2, 0.25) is 0 Å². The lowest BCUT2D eigenvalue weighted by atomic mass is 10.2. The number of H-pyrrole nitrogens is 1. The molecular formula is C18H25N3O3. The summed E-state index contributed by atoms with van der Waals surface area (Å²) < 4.78 is 5.40. The lowest BCUT2D eigenvalue weighted by molar-refractivity contribution is -0.160. The summed E-state index contributed by atoms with van der Waals surface area (Å²) in [5.74, 6) is 0.354. The van der Waals surface area contributed by atoms with Gasteiger partial charge in [0, 0.05) is 13.0 Å². The Bertz CT molecular complexity index is 777. The number of esters is 1. The number of rotatable bonds is 5. The number of aromatic amines is 1. The zero-order chi connectivity index (χ0) is 17.9. The number of carbonyl (C=O) groups excluding carboxylic acids is 1. The molecule has 0 aliphatic rings. The molecular weight excluding hydrogens is 306 g/mol. The number of benzene rings is 1. The largest absolute Gasteiger partial charge is 0.459 e. The van der Waals surface area contributed by atoms with Gasteiger partial charge in [-0.15, -0.1) is 0 Å². The van der Waals surface area contributed by atoms with Gasteiger partial charge in [-0.2, -0.15) is 0 Å². The fourth-order valence-electron chi connectivity index (χ4n) is 2.30. The predicted molar refractivity (Wildman–Crippen MR) is 94.0 cm³/mol. The average molecular weight is 331 g/mol. The number of hydrogen-bond donors (Lipinski definition) is 1. The highest BCUT2D eigenvalue weighted by molar-refractivity contribution is 5.77. The second-order valence-electron chi connectivity index (χ2n) is 6.97. The van der Waals surface area contributed by atoms with Crippen LogP contribution in [0.1, 0.15) is 33.5 Å². The molecule has 0 unspecified atom stereocenters. The molecule has 2 aromatic rings. The third-order valence-corrected chi connectivity index (χ3v) is 3.77. The van der Waals surface area contributed by atoms with E-state index in [1.165, 1.54) is 0 Å². The van der Waals surface area contributed by atoms with Gasteiger partial charge in [-0.25, -0.2) is 4.98 Å². The fourth-order valence-corrected chi connectivity index (χ4v) is 2.30. The van der Waals surface area contributed by atoms with Crippen molar-refractivity contribution in [3.8, 4) is 0 Å². The van der Waals surface area contributed by atoms with Crippen molar-refractivity contribution in [1.82, 2.24) is 14.9 Å². The lowest BCUT2D eigenvalue weighted by Gasteiger charge is -2.27. The third-order valence-electron chi connectivity index (χ3n) is 3.77. The molecule has 130 valence electrons. The quantitative estimate of drug-likeness (QED) is 0.850. The second kappa shape index (κ2) is 7.13. The summed E-state index contributed by atoms with van der Waals surface area (Å²) >= 11 is 0. The van der Waals surface area contributed by atoms with Crippen LogP contribution in [0.4, 0.5) is 0 Å². The Labute approximate surface area is 141 Å². The summed E-state index contributed by atoms with van der Waals surface area (Å²) in [6, 6.07) is 6.88. The molecule has 0 amide bonds. The maximum atomic E-state index is 12.1. The molecule has 0 aliphatic carbocycles. The first kappa shape index (κ1) is 18.1. The maximum Gasteiger partial charge on any atom is 0.323 e. The van der Waals surface area contributed by atoms with Gasteiger partial charge in [0.15, 0.2) is 0 Å². The Morgan fingerprint density at radius 1 is 1.33 bits per heavy atom. The van der Waals surface area contributed by atoms with Crippen LogP contribution < -0.4 is 5.56 Å². The molecule has 0 bridgehead atoms. The number of nitrogens with one attached hydrogen (secondary N) is 1. The summed E-state index contributed by atoms with van der Waals surface area (Å²) in [6.45, 7) is 7.94. The summed E-state index contributed by atoms with van der Waals surface area (Å²) in [4.78, 5) is 33.3. The summed E-state index contributed by atoms with van der Waals surface area (Å²) in [5, 5.41) is 0.580. The highest BCUT2D eigenvalue weighted by atomic mass is 16.6. The molecule has 6 nitrogen and oxygen atoms in total. The van der Waals surface area contributed by atoms with Crippen molar-refractivity contribution < 1.29 is 9.53 Å². The van der Waals surface area contributed by atoms with Gasteiger partial charge in [0.05, 0.1) is 10.9 Å². The van der Waals surface area contributed by atoms with Crippen LogP contribution in [-0.2, 0) is 16.0 Å². The topological polar surface area (TPSA) is 75.3 Å². The normalized spacial score (nSPS) is 13.2. The zero-order valence-electron chi connectivity index (χ0n) is 14.9. The molecule has 1 aromatic heterocycles. The van der Waals surface area contributed by atoms with Crippen molar-refractivity contribution in [2.45, 2.75) is 45.8 Å². The molecule has 2 rings (SSSR count). The van der Waals surface area contributed by atoms with E-state index in [4.69, 9.17) is 4.74 Å². The van der Waals surface area contributed by atoms with Crippen LogP contribution in [0, 0.1) is 0 Å². The summed E-state index contributed by atoms with van der Waals surface area (Å²) in [7, 11) is 1.85. The fraction of sp³-hybridized carbons (Fsp3) is 0.500. The average Bonchev–Trinajstić information content (AvgIpc) is 2.50. The molecule has 0 saturated carbocycles. The van der Waals surface area contributed by atoms with E-state index in [1.54, 1.807) is 6.07 Å². The van der Waals surface area contributed by atoms with Gasteiger partial charge in [-0.1, -0.05) is 12.1 Å². The van der Waals surface area contributed by atoms with E-state index < -0.39 is 5.60 Å². The van der Waals surface area contributed by atoms with Crippen molar-refractivity contribution in [2.24, 2.45) is 0 Å². The second-order valence-corrected chi connectivity index (χ2v) is 6.97. The van der Waals surface area contributed by atoms with Gasteiger partial charge in [-0.05, 0) is 46.9 Å². The minimum absolute atomic E-state index is 0.140. The summed E-state index contributed by atoms with van der Waals surface area (Å²) in [5.41, 5.74) is 0.0367.